The van der Waals surface area contributed by atoms with Crippen molar-refractivity contribution in [3.8, 4) is 0 Å². The Labute approximate surface area is 91.5 Å². The summed E-state index contributed by atoms with van der Waals surface area (Å²) in [6.45, 7) is 11.7. The molecule has 0 heterocycles. The van der Waals surface area contributed by atoms with E-state index >= 15 is 0 Å². The molecule has 1 unspecified atom stereocenters. The first kappa shape index (κ1) is 14.0. The summed E-state index contributed by atoms with van der Waals surface area (Å²) < 4.78 is 0. The fourth-order valence-corrected chi connectivity index (χ4v) is 1.94. The van der Waals surface area contributed by atoms with Gasteiger partial charge in [-0.25, -0.2) is 0 Å². The van der Waals surface area contributed by atoms with Crippen LogP contribution in [0.2, 0.25) is 0 Å². The average molecular weight is 198 g/mol. The minimum absolute atomic E-state index is 0.883. The highest BCUT2D eigenvalue weighted by atomic mass is 14.1. The minimum Gasteiger partial charge on any atom is -0.0651 e. The van der Waals surface area contributed by atoms with E-state index in [1.54, 1.807) is 0 Å². The summed E-state index contributed by atoms with van der Waals surface area (Å²) in [6.07, 6.45) is 8.56. The molecular weight excluding hydrogens is 168 g/mol. The van der Waals surface area contributed by atoms with E-state index in [2.05, 4.69) is 34.6 Å². The first-order valence-corrected chi connectivity index (χ1v) is 6.56. The van der Waals surface area contributed by atoms with Crippen LogP contribution in [0.1, 0.15) is 73.1 Å². The monoisotopic (exact) mass is 198 g/mol. The van der Waals surface area contributed by atoms with Gasteiger partial charge >= 0.3 is 0 Å². The van der Waals surface area contributed by atoms with Gasteiger partial charge in [-0.15, -0.1) is 0 Å². The molecule has 14 heavy (non-hydrogen) atoms. The molecule has 0 N–H and O–H groups in total. The van der Waals surface area contributed by atoms with E-state index in [1.807, 2.05) is 0 Å². The molecule has 0 aromatic carbocycles. The molecule has 0 aliphatic rings. The molecule has 0 radical (unpaired) electrons. The second-order valence-electron chi connectivity index (χ2n) is 5.57. The zero-order valence-electron chi connectivity index (χ0n) is 11.0. The topological polar surface area (TPSA) is 0 Å². The van der Waals surface area contributed by atoms with Crippen LogP contribution in [0.4, 0.5) is 0 Å². The maximum absolute atomic E-state index is 2.35. The van der Waals surface area contributed by atoms with Gasteiger partial charge in [0.1, 0.15) is 0 Å². The summed E-state index contributed by atoms with van der Waals surface area (Å²) in [5.74, 6) is 2.77. The molecule has 0 aromatic heterocycles. The molecule has 0 amide bonds. The Morgan fingerprint density at radius 2 is 1.29 bits per heavy atom. The molecule has 0 aliphatic heterocycles. The number of hydrogen-bond donors (Lipinski definition) is 0. The van der Waals surface area contributed by atoms with Gasteiger partial charge < -0.3 is 0 Å². The summed E-state index contributed by atoms with van der Waals surface area (Å²) >= 11 is 0. The van der Waals surface area contributed by atoms with Crippen LogP contribution in [0, 0.1) is 17.8 Å². The SMILES string of the molecule is CCC(CCCC(C)C)CCC(C)C. The van der Waals surface area contributed by atoms with E-state index in [1.165, 1.54) is 38.5 Å². The second kappa shape index (κ2) is 8.32. The van der Waals surface area contributed by atoms with Gasteiger partial charge in [0.2, 0.25) is 0 Å². The molecule has 1 atom stereocenters. The van der Waals surface area contributed by atoms with Crippen LogP contribution in [0.25, 0.3) is 0 Å². The fourth-order valence-electron chi connectivity index (χ4n) is 1.94. The van der Waals surface area contributed by atoms with Gasteiger partial charge in [0.15, 0.2) is 0 Å². The summed E-state index contributed by atoms with van der Waals surface area (Å²) in [5.41, 5.74) is 0. The van der Waals surface area contributed by atoms with E-state index in [9.17, 15) is 0 Å². The summed E-state index contributed by atoms with van der Waals surface area (Å²) in [6, 6.07) is 0. The van der Waals surface area contributed by atoms with Crippen molar-refractivity contribution in [3.63, 3.8) is 0 Å². The van der Waals surface area contributed by atoms with Crippen molar-refractivity contribution in [2.24, 2.45) is 17.8 Å². The average Bonchev–Trinajstić information content (AvgIpc) is 2.10. The molecule has 86 valence electrons. The predicted molar refractivity (Wildman–Crippen MR) is 66.5 cm³/mol. The zero-order valence-corrected chi connectivity index (χ0v) is 11.0. The van der Waals surface area contributed by atoms with Gasteiger partial charge in [0.25, 0.3) is 0 Å². The lowest BCUT2D eigenvalue weighted by atomic mass is 9.90. The lowest BCUT2D eigenvalue weighted by molar-refractivity contribution is 0.368. The molecule has 0 rings (SSSR count). The first-order chi connectivity index (χ1) is 6.56. The molecular formula is C14H30. The summed E-state index contributed by atoms with van der Waals surface area (Å²) in [5, 5.41) is 0. The molecule has 0 saturated heterocycles. The lowest BCUT2D eigenvalue weighted by Crippen LogP contribution is -2.02. The fraction of sp³-hybridized carbons (Fsp3) is 1.00. The number of hydrogen-bond acceptors (Lipinski definition) is 0. The van der Waals surface area contributed by atoms with Crippen LogP contribution >= 0.6 is 0 Å². The minimum atomic E-state index is 0.883. The Hall–Kier alpha value is 0. The Morgan fingerprint density at radius 3 is 1.71 bits per heavy atom. The second-order valence-corrected chi connectivity index (χ2v) is 5.57. The van der Waals surface area contributed by atoms with Crippen LogP contribution in [-0.2, 0) is 0 Å². The highest BCUT2D eigenvalue weighted by molar-refractivity contribution is 4.60. The van der Waals surface area contributed by atoms with Gasteiger partial charge in [0.05, 0.1) is 0 Å². The van der Waals surface area contributed by atoms with Crippen molar-refractivity contribution in [2.45, 2.75) is 73.1 Å². The maximum Gasteiger partial charge on any atom is -0.0417 e. The Balaban J connectivity index is 3.48. The Kier molecular flexibility index (Phi) is 8.32. The predicted octanol–water partition coefficient (Wildman–Crippen LogP) is 5.28. The molecule has 0 fully saturated rings. The highest BCUT2D eigenvalue weighted by Gasteiger charge is 2.07. The van der Waals surface area contributed by atoms with Gasteiger partial charge in [-0.05, 0) is 17.8 Å². The van der Waals surface area contributed by atoms with Crippen LogP contribution in [0.15, 0.2) is 0 Å². The molecule has 0 bridgehead atoms. The first-order valence-electron chi connectivity index (χ1n) is 6.56. The molecule has 0 spiro atoms. The van der Waals surface area contributed by atoms with Crippen LogP contribution in [0.5, 0.6) is 0 Å². The smallest absolute Gasteiger partial charge is 0.0417 e. The standard InChI is InChI=1S/C14H30/c1-6-14(11-10-13(4)5)9-7-8-12(2)3/h12-14H,6-11H2,1-5H3. The highest BCUT2D eigenvalue weighted by Crippen LogP contribution is 2.22. The van der Waals surface area contributed by atoms with E-state index in [0.717, 1.165) is 17.8 Å². The van der Waals surface area contributed by atoms with E-state index in [0.29, 0.717) is 0 Å². The third kappa shape index (κ3) is 8.59. The third-order valence-electron chi connectivity index (χ3n) is 3.12. The number of rotatable bonds is 8. The van der Waals surface area contributed by atoms with Crippen molar-refractivity contribution in [1.82, 2.24) is 0 Å². The van der Waals surface area contributed by atoms with Gasteiger partial charge in [0, 0.05) is 0 Å². The largest absolute Gasteiger partial charge is 0.0651 e. The van der Waals surface area contributed by atoms with Crippen molar-refractivity contribution in [1.29, 1.82) is 0 Å². The maximum atomic E-state index is 2.35. The van der Waals surface area contributed by atoms with Gasteiger partial charge in [-0.3, -0.25) is 0 Å². The van der Waals surface area contributed by atoms with E-state index < -0.39 is 0 Å². The van der Waals surface area contributed by atoms with Gasteiger partial charge in [-0.2, -0.15) is 0 Å². The molecule has 0 nitrogen and oxygen atoms in total. The summed E-state index contributed by atoms with van der Waals surface area (Å²) in [4.78, 5) is 0. The van der Waals surface area contributed by atoms with Crippen molar-refractivity contribution >= 4 is 0 Å². The summed E-state index contributed by atoms with van der Waals surface area (Å²) in [7, 11) is 0. The quantitative estimate of drug-likeness (QED) is 0.498. The van der Waals surface area contributed by atoms with Crippen molar-refractivity contribution in [2.75, 3.05) is 0 Å². The van der Waals surface area contributed by atoms with Crippen molar-refractivity contribution in [3.05, 3.63) is 0 Å². The van der Waals surface area contributed by atoms with Crippen LogP contribution < -0.4 is 0 Å². The molecule has 0 aliphatic carbocycles. The van der Waals surface area contributed by atoms with Crippen LogP contribution in [0.3, 0.4) is 0 Å². The lowest BCUT2D eigenvalue weighted by Gasteiger charge is -2.16. The molecule has 0 heteroatoms. The van der Waals surface area contributed by atoms with Gasteiger partial charge in [-0.1, -0.05) is 73.1 Å². The molecule has 0 saturated carbocycles. The Bertz CT molecular complexity index is 113. The van der Waals surface area contributed by atoms with E-state index in [4.69, 9.17) is 0 Å². The molecule has 0 aromatic rings. The normalized spacial score (nSPS) is 13.9. The zero-order chi connectivity index (χ0) is 11.0. The third-order valence-corrected chi connectivity index (χ3v) is 3.12. The Morgan fingerprint density at radius 1 is 0.714 bits per heavy atom. The van der Waals surface area contributed by atoms with E-state index in [-0.39, 0.29) is 0 Å². The van der Waals surface area contributed by atoms with Crippen molar-refractivity contribution < 1.29 is 0 Å². The van der Waals surface area contributed by atoms with Crippen LogP contribution in [-0.4, -0.2) is 0 Å².